The van der Waals surface area contributed by atoms with Gasteiger partial charge in [0.25, 0.3) is 0 Å². The Morgan fingerprint density at radius 3 is 2.85 bits per heavy atom. The standard InChI is InChI=1S/C10H9BrOS/c1-6-2-7-3-9(12)8(5-11)4-10(7)13-6/h2-4,12H,5H2,1H3. The van der Waals surface area contributed by atoms with Gasteiger partial charge in [-0.15, -0.1) is 11.3 Å². The van der Waals surface area contributed by atoms with Gasteiger partial charge in [0.2, 0.25) is 0 Å². The van der Waals surface area contributed by atoms with E-state index in [1.807, 2.05) is 12.1 Å². The second-order valence-corrected chi connectivity index (χ2v) is 4.86. The molecule has 0 atom stereocenters. The van der Waals surface area contributed by atoms with Gasteiger partial charge < -0.3 is 5.11 Å². The van der Waals surface area contributed by atoms with Crippen LogP contribution < -0.4 is 0 Å². The fourth-order valence-corrected chi connectivity index (χ4v) is 2.78. The number of halogens is 1. The molecular formula is C10H9BrOS. The summed E-state index contributed by atoms with van der Waals surface area (Å²) in [4.78, 5) is 1.28. The molecule has 1 nitrogen and oxygen atoms in total. The van der Waals surface area contributed by atoms with Crippen LogP contribution in [0.4, 0.5) is 0 Å². The van der Waals surface area contributed by atoms with Crippen LogP contribution in [-0.2, 0) is 5.33 Å². The van der Waals surface area contributed by atoms with Gasteiger partial charge in [0, 0.05) is 20.5 Å². The minimum Gasteiger partial charge on any atom is -0.508 e. The maximum absolute atomic E-state index is 9.59. The number of alkyl halides is 1. The molecule has 0 saturated carbocycles. The maximum Gasteiger partial charge on any atom is 0.120 e. The lowest BCUT2D eigenvalue weighted by molar-refractivity contribution is 0.472. The minimum atomic E-state index is 0.377. The van der Waals surface area contributed by atoms with E-state index in [-0.39, 0.29) is 0 Å². The predicted octanol–water partition coefficient (Wildman–Crippen LogP) is 3.81. The number of aryl methyl sites for hydroxylation is 1. The van der Waals surface area contributed by atoms with E-state index in [9.17, 15) is 5.11 Å². The molecular weight excluding hydrogens is 248 g/mol. The first-order valence-electron chi connectivity index (χ1n) is 3.98. The molecule has 0 aliphatic carbocycles. The van der Waals surface area contributed by atoms with Crippen molar-refractivity contribution in [2.24, 2.45) is 0 Å². The number of phenols is 1. The Morgan fingerprint density at radius 1 is 1.38 bits per heavy atom. The number of benzene rings is 1. The third kappa shape index (κ3) is 1.58. The maximum atomic E-state index is 9.59. The highest BCUT2D eigenvalue weighted by molar-refractivity contribution is 9.08. The Labute approximate surface area is 89.1 Å². The Hall–Kier alpha value is -0.540. The molecule has 1 aromatic carbocycles. The first-order valence-corrected chi connectivity index (χ1v) is 5.92. The van der Waals surface area contributed by atoms with Crippen LogP contribution in [0.25, 0.3) is 10.1 Å². The number of rotatable bonds is 1. The number of aromatic hydroxyl groups is 1. The second kappa shape index (κ2) is 3.31. The summed E-state index contributed by atoms with van der Waals surface area (Å²) in [6.07, 6.45) is 0. The molecule has 0 unspecified atom stereocenters. The topological polar surface area (TPSA) is 20.2 Å². The zero-order chi connectivity index (χ0) is 9.42. The molecule has 0 saturated heterocycles. The van der Waals surface area contributed by atoms with Crippen LogP contribution in [0.3, 0.4) is 0 Å². The molecule has 0 amide bonds. The van der Waals surface area contributed by atoms with Gasteiger partial charge in [-0.05, 0) is 30.5 Å². The van der Waals surface area contributed by atoms with Crippen LogP contribution in [0, 0.1) is 6.92 Å². The number of fused-ring (bicyclic) bond motifs is 1. The summed E-state index contributed by atoms with van der Waals surface area (Å²) in [5.41, 5.74) is 0.953. The highest BCUT2D eigenvalue weighted by Crippen LogP contribution is 2.31. The van der Waals surface area contributed by atoms with E-state index in [0.717, 1.165) is 10.9 Å². The van der Waals surface area contributed by atoms with Crippen molar-refractivity contribution < 1.29 is 5.11 Å². The number of thiophene rings is 1. The quantitative estimate of drug-likeness (QED) is 0.770. The van der Waals surface area contributed by atoms with Gasteiger partial charge in [-0.2, -0.15) is 0 Å². The van der Waals surface area contributed by atoms with Crippen molar-refractivity contribution in [1.82, 2.24) is 0 Å². The van der Waals surface area contributed by atoms with E-state index in [1.165, 1.54) is 9.58 Å². The van der Waals surface area contributed by atoms with E-state index >= 15 is 0 Å². The Kier molecular flexibility index (Phi) is 2.30. The monoisotopic (exact) mass is 256 g/mol. The van der Waals surface area contributed by atoms with E-state index in [1.54, 1.807) is 11.3 Å². The van der Waals surface area contributed by atoms with Gasteiger partial charge in [-0.25, -0.2) is 0 Å². The van der Waals surface area contributed by atoms with Crippen LogP contribution in [0.1, 0.15) is 10.4 Å². The lowest BCUT2D eigenvalue weighted by atomic mass is 10.2. The zero-order valence-corrected chi connectivity index (χ0v) is 9.58. The summed E-state index contributed by atoms with van der Waals surface area (Å²) < 4.78 is 1.24. The number of hydrogen-bond donors (Lipinski definition) is 1. The van der Waals surface area contributed by atoms with Crippen molar-refractivity contribution >= 4 is 37.4 Å². The summed E-state index contributed by atoms with van der Waals surface area (Å²) in [6, 6.07) is 5.96. The lowest BCUT2D eigenvalue weighted by Gasteiger charge is -1.99. The first kappa shape index (κ1) is 9.03. The highest BCUT2D eigenvalue weighted by atomic mass is 79.9. The molecule has 1 N–H and O–H groups in total. The van der Waals surface area contributed by atoms with Crippen LogP contribution in [0.5, 0.6) is 5.75 Å². The molecule has 0 spiro atoms. The Balaban J connectivity index is 2.72. The lowest BCUT2D eigenvalue weighted by Crippen LogP contribution is -1.77. The third-order valence-corrected chi connectivity index (χ3v) is 3.60. The van der Waals surface area contributed by atoms with Gasteiger partial charge in [0.1, 0.15) is 5.75 Å². The smallest absolute Gasteiger partial charge is 0.120 e. The third-order valence-electron chi connectivity index (χ3n) is 1.98. The van der Waals surface area contributed by atoms with E-state index in [0.29, 0.717) is 11.1 Å². The van der Waals surface area contributed by atoms with Crippen molar-refractivity contribution in [3.05, 3.63) is 28.6 Å². The zero-order valence-electron chi connectivity index (χ0n) is 7.17. The normalized spacial score (nSPS) is 10.9. The van der Waals surface area contributed by atoms with E-state index < -0.39 is 0 Å². The number of phenolic OH excluding ortho intramolecular Hbond substituents is 1. The second-order valence-electron chi connectivity index (χ2n) is 3.01. The van der Waals surface area contributed by atoms with Crippen molar-refractivity contribution in [2.45, 2.75) is 12.3 Å². The SMILES string of the molecule is Cc1cc2cc(O)c(CBr)cc2s1. The molecule has 1 aromatic heterocycles. The molecule has 68 valence electrons. The molecule has 0 fully saturated rings. The summed E-state index contributed by atoms with van der Waals surface area (Å²) in [7, 11) is 0. The van der Waals surface area contributed by atoms with Crippen molar-refractivity contribution in [2.75, 3.05) is 0 Å². The van der Waals surface area contributed by atoms with Gasteiger partial charge in [-0.3, -0.25) is 0 Å². The molecule has 0 aliphatic heterocycles. The van der Waals surface area contributed by atoms with Crippen molar-refractivity contribution in [3.8, 4) is 5.75 Å². The van der Waals surface area contributed by atoms with Crippen LogP contribution in [-0.4, -0.2) is 5.11 Å². The largest absolute Gasteiger partial charge is 0.508 e. The highest BCUT2D eigenvalue weighted by Gasteiger charge is 2.04. The fourth-order valence-electron chi connectivity index (χ4n) is 1.36. The van der Waals surface area contributed by atoms with Crippen LogP contribution in [0.15, 0.2) is 18.2 Å². The van der Waals surface area contributed by atoms with Crippen molar-refractivity contribution in [3.63, 3.8) is 0 Å². The van der Waals surface area contributed by atoms with Gasteiger partial charge >= 0.3 is 0 Å². The predicted molar refractivity (Wildman–Crippen MR) is 60.9 cm³/mol. The van der Waals surface area contributed by atoms with Gasteiger partial charge in [-0.1, -0.05) is 15.9 Å². The fraction of sp³-hybridized carbons (Fsp3) is 0.200. The molecule has 0 aliphatic rings. The first-order chi connectivity index (χ1) is 6.20. The molecule has 2 rings (SSSR count). The summed E-state index contributed by atoms with van der Waals surface area (Å²) in [6.45, 7) is 2.08. The molecule has 0 radical (unpaired) electrons. The molecule has 0 bridgehead atoms. The summed E-state index contributed by atoms with van der Waals surface area (Å²) in [5.74, 6) is 0.377. The van der Waals surface area contributed by atoms with Crippen molar-refractivity contribution in [1.29, 1.82) is 0 Å². The minimum absolute atomic E-state index is 0.377. The summed E-state index contributed by atoms with van der Waals surface area (Å²) >= 11 is 5.10. The Bertz CT molecular complexity index is 447. The molecule has 1 heterocycles. The molecule has 2 aromatic rings. The number of hydrogen-bond acceptors (Lipinski definition) is 2. The molecule has 13 heavy (non-hydrogen) atoms. The van der Waals surface area contributed by atoms with E-state index in [2.05, 4.69) is 28.9 Å². The average molecular weight is 257 g/mol. The average Bonchev–Trinajstić information content (AvgIpc) is 2.42. The van der Waals surface area contributed by atoms with Gasteiger partial charge in [0.15, 0.2) is 0 Å². The Morgan fingerprint density at radius 2 is 2.15 bits per heavy atom. The van der Waals surface area contributed by atoms with E-state index in [4.69, 9.17) is 0 Å². The molecule has 3 heteroatoms. The summed E-state index contributed by atoms with van der Waals surface area (Å²) in [5, 5.41) is 11.4. The van der Waals surface area contributed by atoms with Crippen LogP contribution >= 0.6 is 27.3 Å². The van der Waals surface area contributed by atoms with Gasteiger partial charge in [0.05, 0.1) is 0 Å². The van der Waals surface area contributed by atoms with Crippen LogP contribution in [0.2, 0.25) is 0 Å².